The van der Waals surface area contributed by atoms with E-state index in [4.69, 9.17) is 0 Å². The lowest BCUT2D eigenvalue weighted by Crippen LogP contribution is -2.22. The van der Waals surface area contributed by atoms with Gasteiger partial charge in [-0.25, -0.2) is 9.37 Å². The summed E-state index contributed by atoms with van der Waals surface area (Å²) in [5, 5.41) is 5.84. The van der Waals surface area contributed by atoms with Crippen LogP contribution in [0.25, 0.3) is 11.3 Å². The van der Waals surface area contributed by atoms with Crippen LogP contribution in [0.5, 0.6) is 0 Å². The summed E-state index contributed by atoms with van der Waals surface area (Å²) < 4.78 is 14.1. The molecule has 5 heteroatoms. The van der Waals surface area contributed by atoms with Gasteiger partial charge in [0.15, 0.2) is 0 Å². The second-order valence-corrected chi connectivity index (χ2v) is 6.27. The molecule has 1 aromatic carbocycles. The van der Waals surface area contributed by atoms with Crippen molar-refractivity contribution in [3.63, 3.8) is 0 Å². The van der Waals surface area contributed by atoms with Gasteiger partial charge in [0.1, 0.15) is 5.82 Å². The minimum absolute atomic E-state index is 0.0953. The highest BCUT2D eigenvalue weighted by Crippen LogP contribution is 2.42. The molecule has 110 valence electrons. The number of benzene rings is 1. The molecule has 1 aliphatic rings. The number of aromatic nitrogens is 1. The van der Waals surface area contributed by atoms with Crippen LogP contribution in [0.2, 0.25) is 0 Å². The number of rotatable bonds is 5. The van der Waals surface area contributed by atoms with E-state index in [-0.39, 0.29) is 11.7 Å². The first-order valence-electron chi connectivity index (χ1n) is 7.12. The number of halogens is 1. The van der Waals surface area contributed by atoms with Gasteiger partial charge in [-0.1, -0.05) is 12.1 Å². The molecule has 1 fully saturated rings. The monoisotopic (exact) mass is 304 g/mol. The fraction of sp³-hybridized carbons (Fsp3) is 0.375. The molecule has 3 rings (SSSR count). The lowest BCUT2D eigenvalue weighted by atomic mass is 10.1. The molecule has 0 aliphatic heterocycles. The Balaban J connectivity index is 1.71. The second kappa shape index (κ2) is 5.93. The van der Waals surface area contributed by atoms with E-state index in [1.807, 2.05) is 11.4 Å². The van der Waals surface area contributed by atoms with Crippen LogP contribution in [0.15, 0.2) is 23.6 Å². The van der Waals surface area contributed by atoms with Crippen molar-refractivity contribution in [1.29, 1.82) is 0 Å². The zero-order chi connectivity index (χ0) is 14.8. The third-order valence-electron chi connectivity index (χ3n) is 3.57. The van der Waals surface area contributed by atoms with Gasteiger partial charge in [0.2, 0.25) is 5.91 Å². The number of amides is 1. The van der Waals surface area contributed by atoms with Gasteiger partial charge in [-0.05, 0) is 30.9 Å². The van der Waals surface area contributed by atoms with Crippen LogP contribution in [0.4, 0.5) is 4.39 Å². The van der Waals surface area contributed by atoms with Crippen LogP contribution in [0.3, 0.4) is 0 Å². The largest absolute Gasteiger partial charge is 0.356 e. The number of nitrogens with zero attached hydrogens (tertiary/aromatic N) is 1. The number of thiazole rings is 1. The maximum atomic E-state index is 14.1. The second-order valence-electron chi connectivity index (χ2n) is 5.38. The van der Waals surface area contributed by atoms with Gasteiger partial charge in [-0.15, -0.1) is 11.3 Å². The van der Waals surface area contributed by atoms with E-state index in [9.17, 15) is 9.18 Å². The van der Waals surface area contributed by atoms with Crippen LogP contribution >= 0.6 is 11.3 Å². The maximum Gasteiger partial charge on any atom is 0.216 e. The standard InChI is InChI=1S/C16H17FN2OS/c1-10(20)18-7-6-11-2-5-13(8-14(11)17)15-9-21-16(19-15)12-3-4-12/h2,5,8-9,12H,3-4,6-7H2,1H3,(H,18,20). The Morgan fingerprint density at radius 3 is 2.95 bits per heavy atom. The number of carbonyl (C=O) groups is 1. The quantitative estimate of drug-likeness (QED) is 0.918. The average Bonchev–Trinajstić information content (AvgIpc) is 3.18. The van der Waals surface area contributed by atoms with Crippen molar-refractivity contribution in [3.05, 3.63) is 40.0 Å². The Labute approximate surface area is 127 Å². The van der Waals surface area contributed by atoms with Crippen molar-refractivity contribution in [2.45, 2.75) is 32.1 Å². The van der Waals surface area contributed by atoms with Crippen LogP contribution in [-0.2, 0) is 11.2 Å². The first-order valence-corrected chi connectivity index (χ1v) is 8.00. The highest BCUT2D eigenvalue weighted by Gasteiger charge is 2.26. The molecule has 21 heavy (non-hydrogen) atoms. The Bertz CT molecular complexity index is 664. The van der Waals surface area contributed by atoms with Gasteiger partial charge in [0, 0.05) is 30.3 Å². The predicted molar refractivity (Wildman–Crippen MR) is 81.9 cm³/mol. The van der Waals surface area contributed by atoms with E-state index in [0.29, 0.717) is 24.4 Å². The summed E-state index contributed by atoms with van der Waals surface area (Å²) in [5.41, 5.74) is 2.29. The van der Waals surface area contributed by atoms with Gasteiger partial charge < -0.3 is 5.32 Å². The Hall–Kier alpha value is -1.75. The molecule has 1 heterocycles. The van der Waals surface area contributed by atoms with E-state index in [2.05, 4.69) is 10.3 Å². The number of nitrogens with one attached hydrogen (secondary N) is 1. The van der Waals surface area contributed by atoms with Crippen molar-refractivity contribution in [3.8, 4) is 11.3 Å². The fourth-order valence-electron chi connectivity index (χ4n) is 2.22. The van der Waals surface area contributed by atoms with Gasteiger partial charge in [0.05, 0.1) is 10.7 Å². The zero-order valence-electron chi connectivity index (χ0n) is 11.9. The minimum Gasteiger partial charge on any atom is -0.356 e. The molecular formula is C16H17FN2OS. The first-order chi connectivity index (χ1) is 10.1. The van der Waals surface area contributed by atoms with E-state index >= 15 is 0 Å². The van der Waals surface area contributed by atoms with Crippen LogP contribution in [0, 0.1) is 5.82 Å². The summed E-state index contributed by atoms with van der Waals surface area (Å²) in [6.07, 6.45) is 2.95. The molecular weight excluding hydrogens is 287 g/mol. The topological polar surface area (TPSA) is 42.0 Å². The Morgan fingerprint density at radius 1 is 1.48 bits per heavy atom. The number of carbonyl (C=O) groups excluding carboxylic acids is 1. The predicted octanol–water partition coefficient (Wildman–Crippen LogP) is 3.51. The normalized spacial score (nSPS) is 14.2. The highest BCUT2D eigenvalue weighted by molar-refractivity contribution is 7.10. The first kappa shape index (κ1) is 14.2. The van der Waals surface area contributed by atoms with Gasteiger partial charge in [-0.2, -0.15) is 0 Å². The molecule has 0 atom stereocenters. The molecule has 1 N–H and O–H groups in total. The summed E-state index contributed by atoms with van der Waals surface area (Å²) in [5.74, 6) is 0.298. The van der Waals surface area contributed by atoms with E-state index in [0.717, 1.165) is 11.3 Å². The van der Waals surface area contributed by atoms with Crippen molar-refractivity contribution in [1.82, 2.24) is 10.3 Å². The number of hydrogen-bond acceptors (Lipinski definition) is 3. The third-order valence-corrected chi connectivity index (χ3v) is 4.57. The van der Waals surface area contributed by atoms with Crippen LogP contribution < -0.4 is 5.32 Å². The smallest absolute Gasteiger partial charge is 0.216 e. The third kappa shape index (κ3) is 3.47. The van der Waals surface area contributed by atoms with Crippen molar-refractivity contribution >= 4 is 17.2 Å². The molecule has 3 nitrogen and oxygen atoms in total. The van der Waals surface area contributed by atoms with Crippen molar-refractivity contribution in [2.24, 2.45) is 0 Å². The number of hydrogen-bond donors (Lipinski definition) is 1. The van der Waals surface area contributed by atoms with Gasteiger partial charge >= 0.3 is 0 Å². The summed E-state index contributed by atoms with van der Waals surface area (Å²) >= 11 is 1.66. The molecule has 0 radical (unpaired) electrons. The highest BCUT2D eigenvalue weighted by atomic mass is 32.1. The van der Waals surface area contributed by atoms with Crippen LogP contribution in [0.1, 0.15) is 36.3 Å². The molecule has 2 aromatic rings. The summed E-state index contributed by atoms with van der Waals surface area (Å²) in [7, 11) is 0. The van der Waals surface area contributed by atoms with E-state index in [1.54, 1.807) is 17.4 Å². The molecule has 0 spiro atoms. The average molecular weight is 304 g/mol. The van der Waals surface area contributed by atoms with E-state index < -0.39 is 0 Å². The van der Waals surface area contributed by atoms with E-state index in [1.165, 1.54) is 30.8 Å². The van der Waals surface area contributed by atoms with Crippen molar-refractivity contribution < 1.29 is 9.18 Å². The maximum absolute atomic E-state index is 14.1. The zero-order valence-corrected chi connectivity index (χ0v) is 12.7. The lowest BCUT2D eigenvalue weighted by Gasteiger charge is -2.05. The molecule has 0 unspecified atom stereocenters. The minimum atomic E-state index is -0.237. The molecule has 1 aromatic heterocycles. The summed E-state index contributed by atoms with van der Waals surface area (Å²) in [6, 6.07) is 5.22. The Morgan fingerprint density at radius 2 is 2.29 bits per heavy atom. The molecule has 1 aliphatic carbocycles. The fourth-order valence-corrected chi connectivity index (χ4v) is 3.22. The Kier molecular flexibility index (Phi) is 4.01. The lowest BCUT2D eigenvalue weighted by molar-refractivity contribution is -0.118. The molecule has 0 bridgehead atoms. The summed E-state index contributed by atoms with van der Waals surface area (Å²) in [6.45, 7) is 1.91. The SMILES string of the molecule is CC(=O)NCCc1ccc(-c2csc(C3CC3)n2)cc1F. The van der Waals surface area contributed by atoms with Gasteiger partial charge in [0.25, 0.3) is 0 Å². The molecule has 1 amide bonds. The van der Waals surface area contributed by atoms with Crippen LogP contribution in [-0.4, -0.2) is 17.4 Å². The summed E-state index contributed by atoms with van der Waals surface area (Å²) in [4.78, 5) is 15.4. The van der Waals surface area contributed by atoms with Crippen molar-refractivity contribution in [2.75, 3.05) is 6.54 Å². The molecule has 0 saturated heterocycles. The van der Waals surface area contributed by atoms with Gasteiger partial charge in [-0.3, -0.25) is 4.79 Å². The molecule has 1 saturated carbocycles.